The lowest BCUT2D eigenvalue weighted by Crippen LogP contribution is -2.28. The van der Waals surface area contributed by atoms with Gasteiger partial charge in [0, 0.05) is 10.7 Å². The first-order chi connectivity index (χ1) is 9.54. The fourth-order valence-electron chi connectivity index (χ4n) is 2.46. The molecule has 1 amide bonds. The molecule has 0 saturated heterocycles. The average Bonchev–Trinajstić information content (AvgIpc) is 2.41. The molecule has 1 aromatic rings. The highest BCUT2D eigenvalue weighted by Crippen LogP contribution is 2.25. The Morgan fingerprint density at radius 3 is 3.10 bits per heavy atom. The fraction of sp³-hybridized carbons (Fsp3) is 0.571. The zero-order chi connectivity index (χ0) is 14.5. The van der Waals surface area contributed by atoms with Gasteiger partial charge in [-0.2, -0.15) is 0 Å². The second-order valence-corrected chi connectivity index (χ2v) is 6.23. The van der Waals surface area contributed by atoms with E-state index in [1.165, 1.54) is 12.6 Å². The highest BCUT2D eigenvalue weighted by atomic mass is 79.9. The molecule has 2 rings (SSSR count). The van der Waals surface area contributed by atoms with Crippen LogP contribution < -0.4 is 10.9 Å². The topological polar surface area (TPSA) is 71.2 Å². The van der Waals surface area contributed by atoms with Gasteiger partial charge in [0.25, 0.3) is 11.5 Å². The monoisotopic (exact) mass is 342 g/mol. The number of aromatic nitrogens is 1. The van der Waals surface area contributed by atoms with Crippen LogP contribution in [0.5, 0.6) is 0 Å². The third kappa shape index (κ3) is 4.45. The van der Waals surface area contributed by atoms with E-state index in [2.05, 4.69) is 33.2 Å². The van der Waals surface area contributed by atoms with Gasteiger partial charge in [0.05, 0.1) is 6.10 Å². The van der Waals surface area contributed by atoms with Crippen molar-refractivity contribution in [2.45, 2.75) is 38.7 Å². The zero-order valence-corrected chi connectivity index (χ0v) is 13.0. The fourth-order valence-corrected chi connectivity index (χ4v) is 2.80. The van der Waals surface area contributed by atoms with Crippen LogP contribution in [0, 0.1) is 5.92 Å². The van der Waals surface area contributed by atoms with Crippen molar-refractivity contribution in [2.75, 3.05) is 11.9 Å². The molecular formula is C14H19BrN2O3. The molecule has 2 N–H and O–H groups in total. The van der Waals surface area contributed by atoms with E-state index in [-0.39, 0.29) is 29.9 Å². The molecule has 0 aliphatic heterocycles. The van der Waals surface area contributed by atoms with Gasteiger partial charge in [0.2, 0.25) is 0 Å². The predicted octanol–water partition coefficient (Wildman–Crippen LogP) is 2.67. The molecule has 1 aliphatic carbocycles. The van der Waals surface area contributed by atoms with Crippen molar-refractivity contribution < 1.29 is 9.53 Å². The minimum absolute atomic E-state index is 0.0106. The Bertz CT molecular complexity index is 529. The molecule has 110 valence electrons. The number of aromatic amines is 1. The second-order valence-electron chi connectivity index (χ2n) is 5.31. The zero-order valence-electron chi connectivity index (χ0n) is 11.4. The average molecular weight is 343 g/mol. The van der Waals surface area contributed by atoms with Crippen molar-refractivity contribution in [1.82, 2.24) is 4.98 Å². The van der Waals surface area contributed by atoms with E-state index in [0.29, 0.717) is 10.4 Å². The first kappa shape index (κ1) is 15.3. The Hall–Kier alpha value is -1.14. The number of pyridine rings is 1. The second kappa shape index (κ2) is 7.04. The molecule has 0 radical (unpaired) electrons. The lowest BCUT2D eigenvalue weighted by Gasteiger charge is -2.26. The Labute approximate surface area is 126 Å². The van der Waals surface area contributed by atoms with Crippen LogP contribution in [-0.4, -0.2) is 23.6 Å². The van der Waals surface area contributed by atoms with E-state index in [0.717, 1.165) is 19.3 Å². The molecule has 0 bridgehead atoms. The lowest BCUT2D eigenvalue weighted by molar-refractivity contribution is -0.123. The highest BCUT2D eigenvalue weighted by Gasteiger charge is 2.20. The minimum Gasteiger partial charge on any atom is -0.368 e. The van der Waals surface area contributed by atoms with Gasteiger partial charge in [-0.25, -0.2) is 0 Å². The molecule has 1 aromatic heterocycles. The maximum absolute atomic E-state index is 11.8. The first-order valence-electron chi connectivity index (χ1n) is 6.84. The molecule has 1 heterocycles. The summed E-state index contributed by atoms with van der Waals surface area (Å²) in [4.78, 5) is 25.8. The highest BCUT2D eigenvalue weighted by molar-refractivity contribution is 9.10. The van der Waals surface area contributed by atoms with Gasteiger partial charge in [-0.15, -0.1) is 0 Å². The Morgan fingerprint density at radius 2 is 2.35 bits per heavy atom. The van der Waals surface area contributed by atoms with Gasteiger partial charge in [0.15, 0.2) is 0 Å². The van der Waals surface area contributed by atoms with Crippen LogP contribution >= 0.6 is 15.9 Å². The molecule has 1 aliphatic rings. The number of hydrogen-bond acceptors (Lipinski definition) is 3. The number of amides is 1. The summed E-state index contributed by atoms with van der Waals surface area (Å²) in [5.74, 6) is 0.358. The maximum Gasteiger partial charge on any atom is 0.271 e. The number of anilines is 1. The number of hydrogen-bond donors (Lipinski definition) is 2. The standard InChI is InChI=1S/C14H19BrN2O3/c1-9-3-2-4-11(5-9)20-8-13(18)17-12-6-10(15)7-16-14(12)19/h6-7,9,11H,2-5,8H2,1H3,(H,16,19)(H,17,18)/t9-,11+/m0/s1. The summed E-state index contributed by atoms with van der Waals surface area (Å²) in [6.07, 6.45) is 6.08. The van der Waals surface area contributed by atoms with Crippen molar-refractivity contribution in [3.05, 3.63) is 27.1 Å². The number of rotatable bonds is 4. The molecule has 0 unspecified atom stereocenters. The van der Waals surface area contributed by atoms with Crippen LogP contribution in [0.2, 0.25) is 0 Å². The number of halogens is 1. The van der Waals surface area contributed by atoms with E-state index < -0.39 is 0 Å². The molecule has 5 nitrogen and oxygen atoms in total. The molecule has 1 fully saturated rings. The van der Waals surface area contributed by atoms with Gasteiger partial charge in [-0.1, -0.05) is 19.8 Å². The summed E-state index contributed by atoms with van der Waals surface area (Å²) in [6, 6.07) is 1.57. The summed E-state index contributed by atoms with van der Waals surface area (Å²) in [5.41, 5.74) is -0.0992. The Kier molecular flexibility index (Phi) is 5.37. The lowest BCUT2D eigenvalue weighted by atomic mass is 9.89. The van der Waals surface area contributed by atoms with Crippen LogP contribution in [-0.2, 0) is 9.53 Å². The molecule has 20 heavy (non-hydrogen) atoms. The molecule has 1 saturated carbocycles. The van der Waals surface area contributed by atoms with Crippen LogP contribution in [0.1, 0.15) is 32.6 Å². The third-order valence-electron chi connectivity index (χ3n) is 3.48. The largest absolute Gasteiger partial charge is 0.368 e. The summed E-state index contributed by atoms with van der Waals surface area (Å²) in [5, 5.41) is 2.56. The molecule has 0 spiro atoms. The van der Waals surface area contributed by atoms with E-state index in [1.807, 2.05) is 0 Å². The summed E-state index contributed by atoms with van der Waals surface area (Å²) in [7, 11) is 0. The van der Waals surface area contributed by atoms with Crippen molar-refractivity contribution in [3.8, 4) is 0 Å². The van der Waals surface area contributed by atoms with Crippen LogP contribution in [0.4, 0.5) is 5.69 Å². The molecule has 2 atom stereocenters. The first-order valence-corrected chi connectivity index (χ1v) is 7.63. The summed E-state index contributed by atoms with van der Waals surface area (Å²) in [6.45, 7) is 2.19. The van der Waals surface area contributed by atoms with E-state index >= 15 is 0 Å². The normalized spacial score (nSPS) is 22.5. The van der Waals surface area contributed by atoms with Crippen LogP contribution in [0.15, 0.2) is 21.5 Å². The summed E-state index contributed by atoms with van der Waals surface area (Å²) < 4.78 is 6.32. The number of carbonyl (C=O) groups excluding carboxylic acids is 1. The summed E-state index contributed by atoms with van der Waals surface area (Å²) >= 11 is 3.24. The van der Waals surface area contributed by atoms with E-state index in [1.54, 1.807) is 6.07 Å². The Morgan fingerprint density at radius 1 is 1.55 bits per heavy atom. The molecular weight excluding hydrogens is 324 g/mol. The van der Waals surface area contributed by atoms with Crippen LogP contribution in [0.25, 0.3) is 0 Å². The Balaban J connectivity index is 1.83. The van der Waals surface area contributed by atoms with Crippen molar-refractivity contribution in [1.29, 1.82) is 0 Å². The van der Waals surface area contributed by atoms with Gasteiger partial charge >= 0.3 is 0 Å². The minimum atomic E-state index is -0.326. The van der Waals surface area contributed by atoms with Gasteiger partial charge in [-0.05, 0) is 40.8 Å². The maximum atomic E-state index is 11.8. The third-order valence-corrected chi connectivity index (χ3v) is 3.94. The van der Waals surface area contributed by atoms with E-state index in [9.17, 15) is 9.59 Å². The molecule has 6 heteroatoms. The smallest absolute Gasteiger partial charge is 0.271 e. The number of nitrogens with one attached hydrogen (secondary N) is 2. The van der Waals surface area contributed by atoms with Crippen molar-refractivity contribution >= 4 is 27.5 Å². The number of carbonyl (C=O) groups is 1. The van der Waals surface area contributed by atoms with E-state index in [4.69, 9.17) is 4.74 Å². The van der Waals surface area contributed by atoms with Crippen molar-refractivity contribution in [3.63, 3.8) is 0 Å². The van der Waals surface area contributed by atoms with Gasteiger partial charge < -0.3 is 15.0 Å². The van der Waals surface area contributed by atoms with Crippen LogP contribution in [0.3, 0.4) is 0 Å². The van der Waals surface area contributed by atoms with Gasteiger partial charge in [-0.3, -0.25) is 9.59 Å². The number of ether oxygens (including phenoxy) is 1. The van der Waals surface area contributed by atoms with Crippen molar-refractivity contribution in [2.24, 2.45) is 5.92 Å². The molecule has 0 aromatic carbocycles. The number of H-pyrrole nitrogens is 1. The quantitative estimate of drug-likeness (QED) is 0.883. The predicted molar refractivity (Wildman–Crippen MR) is 80.8 cm³/mol. The van der Waals surface area contributed by atoms with Gasteiger partial charge in [0.1, 0.15) is 12.3 Å². The SMILES string of the molecule is C[C@H]1CCC[C@@H](OCC(=O)Nc2cc(Br)c[nH]c2=O)C1.